The normalized spacial score (nSPS) is 18.8. The zero-order chi connectivity index (χ0) is 22.0. The molecule has 2 aromatic rings. The summed E-state index contributed by atoms with van der Waals surface area (Å²) in [6, 6.07) is 8.27. The maximum absolute atomic E-state index is 12.5. The fraction of sp³-hybridized carbons (Fsp3) is 0.560. The SMILES string of the molecule is COc1ccc(CN2CCCc3c(C)nc([C@H]4CCCN(C(=O)C(C)C)C4)nc32)cc1. The van der Waals surface area contributed by atoms with Gasteiger partial charge in [0.15, 0.2) is 0 Å². The minimum absolute atomic E-state index is 0.0323. The maximum Gasteiger partial charge on any atom is 0.225 e. The van der Waals surface area contributed by atoms with E-state index in [0.717, 1.165) is 74.9 Å². The predicted octanol–water partition coefficient (Wildman–Crippen LogP) is 4.11. The molecule has 0 unspecified atom stereocenters. The highest BCUT2D eigenvalue weighted by Crippen LogP contribution is 2.32. The minimum atomic E-state index is 0.0323. The van der Waals surface area contributed by atoms with Crippen LogP contribution < -0.4 is 9.64 Å². The monoisotopic (exact) mass is 422 g/mol. The zero-order valence-electron chi connectivity index (χ0n) is 19.2. The van der Waals surface area contributed by atoms with Gasteiger partial charge in [0.1, 0.15) is 17.4 Å². The van der Waals surface area contributed by atoms with Gasteiger partial charge in [0.05, 0.1) is 7.11 Å². The predicted molar refractivity (Wildman–Crippen MR) is 123 cm³/mol. The van der Waals surface area contributed by atoms with Crippen molar-refractivity contribution in [2.24, 2.45) is 5.92 Å². The van der Waals surface area contributed by atoms with Crippen LogP contribution >= 0.6 is 0 Å². The Morgan fingerprint density at radius 3 is 2.65 bits per heavy atom. The average molecular weight is 423 g/mol. The number of methoxy groups -OCH3 is 1. The van der Waals surface area contributed by atoms with Gasteiger partial charge in [0.25, 0.3) is 0 Å². The lowest BCUT2D eigenvalue weighted by molar-refractivity contribution is -0.135. The summed E-state index contributed by atoms with van der Waals surface area (Å²) in [5.74, 6) is 3.34. The summed E-state index contributed by atoms with van der Waals surface area (Å²) in [5.41, 5.74) is 3.61. The van der Waals surface area contributed by atoms with Gasteiger partial charge in [-0.25, -0.2) is 9.97 Å². The van der Waals surface area contributed by atoms with Crippen LogP contribution in [0.1, 0.15) is 61.7 Å². The average Bonchev–Trinajstić information content (AvgIpc) is 2.79. The van der Waals surface area contributed by atoms with E-state index in [-0.39, 0.29) is 17.7 Å². The highest BCUT2D eigenvalue weighted by atomic mass is 16.5. The van der Waals surface area contributed by atoms with Gasteiger partial charge in [-0.3, -0.25) is 4.79 Å². The van der Waals surface area contributed by atoms with E-state index >= 15 is 0 Å². The van der Waals surface area contributed by atoms with Crippen LogP contribution in [0.4, 0.5) is 5.82 Å². The Labute approximate surface area is 185 Å². The number of likely N-dealkylation sites (tertiary alicyclic amines) is 1. The molecule has 166 valence electrons. The number of anilines is 1. The third kappa shape index (κ3) is 4.68. The largest absolute Gasteiger partial charge is 0.497 e. The highest BCUT2D eigenvalue weighted by molar-refractivity contribution is 5.78. The Bertz CT molecular complexity index is 926. The third-order valence-corrected chi connectivity index (χ3v) is 6.49. The Kier molecular flexibility index (Phi) is 6.44. The molecule has 6 heteroatoms. The number of rotatable bonds is 5. The summed E-state index contributed by atoms with van der Waals surface area (Å²) in [5, 5.41) is 0. The number of ether oxygens (including phenoxy) is 1. The number of amides is 1. The van der Waals surface area contributed by atoms with Crippen molar-refractivity contribution in [2.75, 3.05) is 31.6 Å². The van der Waals surface area contributed by atoms with E-state index in [9.17, 15) is 4.79 Å². The molecule has 0 bridgehead atoms. The molecule has 1 atom stereocenters. The fourth-order valence-corrected chi connectivity index (χ4v) is 4.75. The molecule has 0 radical (unpaired) electrons. The number of fused-ring (bicyclic) bond motifs is 1. The highest BCUT2D eigenvalue weighted by Gasteiger charge is 2.30. The lowest BCUT2D eigenvalue weighted by atomic mass is 9.95. The molecule has 0 saturated carbocycles. The molecular formula is C25H34N4O2. The molecule has 1 aromatic heterocycles. The molecule has 2 aliphatic heterocycles. The molecule has 4 rings (SSSR count). The number of benzene rings is 1. The quantitative estimate of drug-likeness (QED) is 0.726. The van der Waals surface area contributed by atoms with E-state index in [1.165, 1.54) is 11.1 Å². The van der Waals surface area contributed by atoms with Crippen LogP contribution in [0.2, 0.25) is 0 Å². The molecule has 3 heterocycles. The fourth-order valence-electron chi connectivity index (χ4n) is 4.75. The van der Waals surface area contributed by atoms with Crippen LogP contribution in [-0.4, -0.2) is 47.5 Å². The number of aromatic nitrogens is 2. The van der Waals surface area contributed by atoms with E-state index < -0.39 is 0 Å². The van der Waals surface area contributed by atoms with Gasteiger partial charge in [-0.2, -0.15) is 0 Å². The summed E-state index contributed by atoms with van der Waals surface area (Å²) < 4.78 is 5.29. The zero-order valence-corrected chi connectivity index (χ0v) is 19.2. The number of nitrogens with zero attached hydrogens (tertiary/aromatic N) is 4. The van der Waals surface area contributed by atoms with Crippen molar-refractivity contribution in [3.05, 3.63) is 46.9 Å². The molecule has 0 N–H and O–H groups in total. The van der Waals surface area contributed by atoms with Crippen molar-refractivity contribution in [2.45, 2.75) is 58.9 Å². The second-order valence-electron chi connectivity index (χ2n) is 9.12. The van der Waals surface area contributed by atoms with Crippen molar-refractivity contribution in [1.82, 2.24) is 14.9 Å². The molecule has 1 fully saturated rings. The van der Waals surface area contributed by atoms with Crippen LogP contribution in [0.15, 0.2) is 24.3 Å². The van der Waals surface area contributed by atoms with Gasteiger partial charge in [0.2, 0.25) is 5.91 Å². The first-order valence-electron chi connectivity index (χ1n) is 11.5. The Morgan fingerprint density at radius 2 is 1.94 bits per heavy atom. The van der Waals surface area contributed by atoms with E-state index in [2.05, 4.69) is 24.0 Å². The number of aryl methyl sites for hydroxylation is 1. The molecule has 2 aliphatic rings. The van der Waals surface area contributed by atoms with Crippen molar-refractivity contribution < 1.29 is 9.53 Å². The summed E-state index contributed by atoms with van der Waals surface area (Å²) in [6.45, 7) is 9.47. The van der Waals surface area contributed by atoms with E-state index in [0.29, 0.717) is 0 Å². The van der Waals surface area contributed by atoms with Crippen molar-refractivity contribution >= 4 is 11.7 Å². The first kappa shape index (κ1) is 21.6. The molecule has 31 heavy (non-hydrogen) atoms. The van der Waals surface area contributed by atoms with Crippen LogP contribution in [0.3, 0.4) is 0 Å². The minimum Gasteiger partial charge on any atom is -0.497 e. The van der Waals surface area contributed by atoms with Crippen LogP contribution in [0, 0.1) is 12.8 Å². The summed E-state index contributed by atoms with van der Waals surface area (Å²) in [4.78, 5) is 27.0. The number of hydrogen-bond acceptors (Lipinski definition) is 5. The Morgan fingerprint density at radius 1 is 1.16 bits per heavy atom. The number of piperidine rings is 1. The van der Waals surface area contributed by atoms with Crippen molar-refractivity contribution in [1.29, 1.82) is 0 Å². The molecule has 6 nitrogen and oxygen atoms in total. The topological polar surface area (TPSA) is 58.6 Å². The van der Waals surface area contributed by atoms with Crippen LogP contribution in [-0.2, 0) is 17.8 Å². The Balaban J connectivity index is 1.58. The van der Waals surface area contributed by atoms with Gasteiger partial charge >= 0.3 is 0 Å². The second kappa shape index (κ2) is 9.25. The number of carbonyl (C=O) groups excluding carboxylic acids is 1. The van der Waals surface area contributed by atoms with E-state index in [1.54, 1.807) is 7.11 Å². The van der Waals surface area contributed by atoms with Crippen LogP contribution in [0.5, 0.6) is 5.75 Å². The molecule has 1 saturated heterocycles. The van der Waals surface area contributed by atoms with Crippen molar-refractivity contribution in [3.63, 3.8) is 0 Å². The number of hydrogen-bond donors (Lipinski definition) is 0. The molecule has 0 spiro atoms. The number of carbonyl (C=O) groups is 1. The van der Waals surface area contributed by atoms with E-state index in [4.69, 9.17) is 14.7 Å². The molecular weight excluding hydrogens is 388 g/mol. The van der Waals surface area contributed by atoms with Gasteiger partial charge in [-0.1, -0.05) is 26.0 Å². The lowest BCUT2D eigenvalue weighted by Gasteiger charge is -2.35. The molecule has 1 aromatic carbocycles. The molecule has 1 amide bonds. The standard InChI is InChI=1S/C25H34N4O2/c1-17(2)25(30)29-14-5-7-20(16-29)23-26-18(3)22-8-6-13-28(24(22)27-23)15-19-9-11-21(31-4)12-10-19/h9-12,17,20H,5-8,13-16H2,1-4H3/t20-/m0/s1. The first-order chi connectivity index (χ1) is 15.0. The van der Waals surface area contributed by atoms with Gasteiger partial charge in [-0.05, 0) is 50.3 Å². The third-order valence-electron chi connectivity index (χ3n) is 6.49. The smallest absolute Gasteiger partial charge is 0.225 e. The van der Waals surface area contributed by atoms with Gasteiger partial charge in [-0.15, -0.1) is 0 Å². The van der Waals surface area contributed by atoms with Gasteiger partial charge in [0, 0.05) is 49.3 Å². The summed E-state index contributed by atoms with van der Waals surface area (Å²) in [7, 11) is 1.69. The summed E-state index contributed by atoms with van der Waals surface area (Å²) >= 11 is 0. The maximum atomic E-state index is 12.5. The van der Waals surface area contributed by atoms with Gasteiger partial charge < -0.3 is 14.5 Å². The van der Waals surface area contributed by atoms with Crippen molar-refractivity contribution in [3.8, 4) is 5.75 Å². The first-order valence-corrected chi connectivity index (χ1v) is 11.5. The summed E-state index contributed by atoms with van der Waals surface area (Å²) in [6.07, 6.45) is 4.20. The Hall–Kier alpha value is -2.63. The molecule has 0 aliphatic carbocycles. The second-order valence-corrected chi connectivity index (χ2v) is 9.12. The van der Waals surface area contributed by atoms with E-state index in [1.807, 2.05) is 30.9 Å². The van der Waals surface area contributed by atoms with Crippen LogP contribution in [0.25, 0.3) is 0 Å². The lowest BCUT2D eigenvalue weighted by Crippen LogP contribution is -2.41.